The molecule has 1 aliphatic carbocycles. The zero-order valence-corrected chi connectivity index (χ0v) is 22.3. The number of hydrogen-bond acceptors (Lipinski definition) is 8. The monoisotopic (exact) mass is 522 g/mol. The van der Waals surface area contributed by atoms with Crippen LogP contribution in [0.2, 0.25) is 0 Å². The summed E-state index contributed by atoms with van der Waals surface area (Å²) in [7, 11) is 1.74. The molecule has 2 heterocycles. The number of carbonyl (C=O) groups excluding carboxylic acids is 1. The third-order valence-electron chi connectivity index (χ3n) is 7.85. The van der Waals surface area contributed by atoms with Gasteiger partial charge in [-0.05, 0) is 69.1 Å². The molecule has 2 fully saturated rings. The SMILES string of the molecule is CN=C(C)c1ccc(NC2=NC=C(Cl)C(NC3CCC4(CC3)CCN(C(=O)CC#N)CC4)C=N2)cc1N. The second-order valence-corrected chi connectivity index (χ2v) is 10.6. The molecule has 2 aliphatic heterocycles. The van der Waals surface area contributed by atoms with Gasteiger partial charge in [-0.1, -0.05) is 11.6 Å². The predicted octanol–water partition coefficient (Wildman–Crippen LogP) is 4.06. The number of nitrogens with zero attached hydrogens (tertiary/aromatic N) is 5. The summed E-state index contributed by atoms with van der Waals surface area (Å²) in [6, 6.07) is 7.80. The summed E-state index contributed by atoms with van der Waals surface area (Å²) in [4.78, 5) is 27.0. The Morgan fingerprint density at radius 2 is 2.03 bits per heavy atom. The molecule has 9 nitrogen and oxygen atoms in total. The highest BCUT2D eigenvalue weighted by Crippen LogP contribution is 2.44. The predicted molar refractivity (Wildman–Crippen MR) is 150 cm³/mol. The molecule has 1 unspecified atom stereocenters. The van der Waals surface area contributed by atoms with Crippen molar-refractivity contribution in [1.29, 1.82) is 5.26 Å². The van der Waals surface area contributed by atoms with Crippen molar-refractivity contribution in [2.24, 2.45) is 20.4 Å². The number of benzene rings is 1. The molecule has 1 saturated carbocycles. The van der Waals surface area contributed by atoms with Crippen molar-refractivity contribution in [2.75, 3.05) is 31.2 Å². The summed E-state index contributed by atoms with van der Waals surface area (Å²) in [5.41, 5.74) is 9.70. The fourth-order valence-electron chi connectivity index (χ4n) is 5.42. The first-order chi connectivity index (χ1) is 17.8. The minimum atomic E-state index is -0.204. The molecule has 0 bridgehead atoms. The van der Waals surface area contributed by atoms with Gasteiger partial charge in [-0.25, -0.2) is 9.98 Å². The molecule has 0 radical (unpaired) electrons. The standard InChI is InChI=1S/C27H35ClN8O/c1-18(31-2)21-4-3-20(15-23(21)30)35-26-32-16-22(28)24(17-33-26)34-19-5-8-27(9-6-19)10-13-36(14-11-27)25(37)7-12-29/h3-4,15-17,19,24,34H,5-11,13-14,30H2,1-2H3,(H,32,35). The first-order valence-corrected chi connectivity index (χ1v) is 13.2. The Balaban J connectivity index is 1.29. The fraction of sp³-hybridized carbons (Fsp3) is 0.519. The van der Waals surface area contributed by atoms with E-state index in [1.54, 1.807) is 19.5 Å². The topological polar surface area (TPSA) is 131 Å². The summed E-state index contributed by atoms with van der Waals surface area (Å²) < 4.78 is 0. The van der Waals surface area contributed by atoms with E-state index in [0.29, 0.717) is 28.1 Å². The quantitative estimate of drug-likeness (QED) is 0.396. The molecule has 3 aliphatic rings. The molecular weight excluding hydrogens is 488 g/mol. The highest BCUT2D eigenvalue weighted by molar-refractivity contribution is 6.32. The van der Waals surface area contributed by atoms with Crippen molar-refractivity contribution in [1.82, 2.24) is 10.2 Å². The molecule has 1 atom stereocenters. The molecule has 37 heavy (non-hydrogen) atoms. The molecule has 196 valence electrons. The van der Waals surface area contributed by atoms with Crippen LogP contribution in [0.15, 0.2) is 44.4 Å². The van der Waals surface area contributed by atoms with Crippen LogP contribution in [0.25, 0.3) is 0 Å². The van der Waals surface area contributed by atoms with E-state index in [-0.39, 0.29) is 18.4 Å². The van der Waals surface area contributed by atoms with Crippen molar-refractivity contribution in [3.63, 3.8) is 0 Å². The van der Waals surface area contributed by atoms with Gasteiger partial charge in [0.2, 0.25) is 11.9 Å². The Morgan fingerprint density at radius 3 is 2.68 bits per heavy atom. The summed E-state index contributed by atoms with van der Waals surface area (Å²) >= 11 is 6.56. The van der Waals surface area contributed by atoms with Crippen LogP contribution in [-0.2, 0) is 4.79 Å². The van der Waals surface area contributed by atoms with E-state index in [2.05, 4.69) is 25.6 Å². The van der Waals surface area contributed by atoms with Crippen molar-refractivity contribution >= 4 is 46.8 Å². The van der Waals surface area contributed by atoms with E-state index in [4.69, 9.17) is 22.6 Å². The van der Waals surface area contributed by atoms with Gasteiger partial charge in [-0.3, -0.25) is 9.79 Å². The highest BCUT2D eigenvalue weighted by atomic mass is 35.5. The number of amides is 1. The number of halogens is 1. The number of rotatable bonds is 5. The summed E-state index contributed by atoms with van der Waals surface area (Å²) in [5, 5.41) is 16.2. The van der Waals surface area contributed by atoms with Crippen molar-refractivity contribution in [3.05, 3.63) is 35.0 Å². The van der Waals surface area contributed by atoms with Gasteiger partial charge in [0.25, 0.3) is 0 Å². The maximum Gasteiger partial charge on any atom is 0.236 e. The lowest BCUT2D eigenvalue weighted by Crippen LogP contribution is -2.48. The van der Waals surface area contributed by atoms with Gasteiger partial charge in [0, 0.05) is 61.2 Å². The van der Waals surface area contributed by atoms with Crippen molar-refractivity contribution < 1.29 is 4.79 Å². The van der Waals surface area contributed by atoms with E-state index in [9.17, 15) is 4.79 Å². The minimum absolute atomic E-state index is 0.0224. The van der Waals surface area contributed by atoms with Crippen molar-refractivity contribution in [2.45, 2.75) is 64.0 Å². The van der Waals surface area contributed by atoms with E-state index in [0.717, 1.165) is 68.6 Å². The second-order valence-electron chi connectivity index (χ2n) is 10.1. The third-order valence-corrected chi connectivity index (χ3v) is 8.19. The number of piperidine rings is 1. The van der Waals surface area contributed by atoms with Crippen LogP contribution in [0.3, 0.4) is 0 Å². The number of aliphatic imine (C=N–C) groups is 3. The van der Waals surface area contributed by atoms with Crippen LogP contribution in [0, 0.1) is 16.7 Å². The van der Waals surface area contributed by atoms with Crippen LogP contribution < -0.4 is 16.4 Å². The normalized spacial score (nSPS) is 22.2. The first kappa shape index (κ1) is 26.8. The lowest BCUT2D eigenvalue weighted by atomic mass is 9.67. The van der Waals surface area contributed by atoms with Gasteiger partial charge < -0.3 is 21.3 Å². The van der Waals surface area contributed by atoms with Crippen LogP contribution in [0.5, 0.6) is 0 Å². The molecule has 4 rings (SSSR count). The van der Waals surface area contributed by atoms with Crippen LogP contribution in [0.4, 0.5) is 11.4 Å². The number of nitrogens with one attached hydrogen (secondary N) is 2. The number of nitrogen functional groups attached to an aromatic ring is 1. The molecule has 0 aromatic heterocycles. The summed E-state index contributed by atoms with van der Waals surface area (Å²) in [5.74, 6) is 0.398. The van der Waals surface area contributed by atoms with Gasteiger partial charge in [0.15, 0.2) is 0 Å². The molecule has 1 aromatic rings. The largest absolute Gasteiger partial charge is 0.398 e. The van der Waals surface area contributed by atoms with Crippen LogP contribution in [0.1, 0.15) is 57.4 Å². The van der Waals surface area contributed by atoms with Gasteiger partial charge in [-0.15, -0.1) is 0 Å². The average Bonchev–Trinajstić information content (AvgIpc) is 3.07. The summed E-state index contributed by atoms with van der Waals surface area (Å²) in [6.45, 7) is 3.44. The number of likely N-dealkylation sites (tertiary alicyclic amines) is 1. The zero-order chi connectivity index (χ0) is 26.4. The number of nitriles is 1. The van der Waals surface area contributed by atoms with E-state index < -0.39 is 0 Å². The third kappa shape index (κ3) is 6.56. The zero-order valence-electron chi connectivity index (χ0n) is 21.5. The second kappa shape index (κ2) is 11.9. The molecule has 1 saturated heterocycles. The maximum absolute atomic E-state index is 12.0. The molecule has 10 heteroatoms. The Hall–Kier alpha value is -3.22. The van der Waals surface area contributed by atoms with Gasteiger partial charge in [0.05, 0.1) is 17.1 Å². The van der Waals surface area contributed by atoms with E-state index in [1.165, 1.54) is 0 Å². The molecule has 1 aromatic carbocycles. The highest BCUT2D eigenvalue weighted by Gasteiger charge is 2.39. The number of hydrogen-bond donors (Lipinski definition) is 3. The lowest BCUT2D eigenvalue weighted by Gasteiger charge is -2.46. The van der Waals surface area contributed by atoms with Gasteiger partial charge in [-0.2, -0.15) is 5.26 Å². The Bertz CT molecular complexity index is 1160. The number of nitrogens with two attached hydrogens (primary N) is 1. The number of guanidine groups is 1. The van der Waals surface area contributed by atoms with Crippen molar-refractivity contribution in [3.8, 4) is 6.07 Å². The molecule has 1 spiro atoms. The Labute approximate surface area is 223 Å². The summed E-state index contributed by atoms with van der Waals surface area (Å²) in [6.07, 6.45) is 9.80. The minimum Gasteiger partial charge on any atom is -0.398 e. The molecule has 1 amide bonds. The fourth-order valence-corrected chi connectivity index (χ4v) is 5.59. The lowest BCUT2D eigenvalue weighted by molar-refractivity contribution is -0.132. The average molecular weight is 523 g/mol. The Morgan fingerprint density at radius 1 is 1.30 bits per heavy atom. The smallest absolute Gasteiger partial charge is 0.236 e. The number of carbonyl (C=O) groups is 1. The van der Waals surface area contributed by atoms with Crippen LogP contribution >= 0.6 is 11.6 Å². The van der Waals surface area contributed by atoms with Gasteiger partial charge in [0.1, 0.15) is 6.42 Å². The maximum atomic E-state index is 12.0. The first-order valence-electron chi connectivity index (χ1n) is 12.8. The van der Waals surface area contributed by atoms with E-state index in [1.807, 2.05) is 36.1 Å². The van der Waals surface area contributed by atoms with E-state index >= 15 is 0 Å². The van der Waals surface area contributed by atoms with Crippen LogP contribution in [-0.4, -0.2) is 60.9 Å². The number of anilines is 2. The molecule has 4 N–H and O–H groups in total. The molecular formula is C27H35ClN8O. The van der Waals surface area contributed by atoms with Gasteiger partial charge >= 0.3 is 0 Å². The Kier molecular flexibility index (Phi) is 8.62.